The topological polar surface area (TPSA) is 110 Å². The van der Waals surface area contributed by atoms with Gasteiger partial charge in [0.05, 0.1) is 10.9 Å². The average Bonchev–Trinajstić information content (AvgIpc) is 2.44. The maximum atomic E-state index is 12.2. The van der Waals surface area contributed by atoms with Gasteiger partial charge in [-0.25, -0.2) is 0 Å². The molecule has 1 unspecified atom stereocenters. The van der Waals surface area contributed by atoms with E-state index in [1.807, 2.05) is 0 Å². The largest absolute Gasteiger partial charge is 0.545 e. The van der Waals surface area contributed by atoms with Gasteiger partial charge in [0.15, 0.2) is 5.78 Å². The number of aliphatic carboxylic acids is 1. The van der Waals surface area contributed by atoms with Gasteiger partial charge in [0.25, 0.3) is 5.69 Å². The molecular weight excluding hydrogens is 290 g/mol. The van der Waals surface area contributed by atoms with Gasteiger partial charge in [-0.15, -0.1) is 0 Å². The van der Waals surface area contributed by atoms with Gasteiger partial charge >= 0.3 is 0 Å². The fourth-order valence-electron chi connectivity index (χ4n) is 1.96. The van der Waals surface area contributed by atoms with Crippen molar-refractivity contribution in [3.63, 3.8) is 0 Å². The number of carboxylic acids is 1. The van der Waals surface area contributed by atoms with Crippen molar-refractivity contribution in [2.75, 3.05) is 7.11 Å². The zero-order valence-electron chi connectivity index (χ0n) is 12.4. The van der Waals surface area contributed by atoms with Gasteiger partial charge in [-0.2, -0.15) is 0 Å². The van der Waals surface area contributed by atoms with E-state index in [-0.39, 0.29) is 17.2 Å². The summed E-state index contributed by atoms with van der Waals surface area (Å²) in [5.41, 5.74) is -0.563. The van der Waals surface area contributed by atoms with Gasteiger partial charge in [-0.3, -0.25) is 14.9 Å². The van der Waals surface area contributed by atoms with Crippen LogP contribution in [0.5, 0.6) is 0 Å². The molecule has 1 rings (SSSR count). The zero-order chi connectivity index (χ0) is 16.9. The molecule has 0 amide bonds. The first-order valence-corrected chi connectivity index (χ1v) is 6.52. The van der Waals surface area contributed by atoms with E-state index in [9.17, 15) is 24.8 Å². The normalized spacial score (nSPS) is 13.0. The van der Waals surface area contributed by atoms with Crippen molar-refractivity contribution < 1.29 is 24.4 Å². The highest BCUT2D eigenvalue weighted by molar-refractivity contribution is 6.21. The minimum absolute atomic E-state index is 0.203. The Labute approximate surface area is 127 Å². The van der Waals surface area contributed by atoms with E-state index in [0.29, 0.717) is 0 Å². The van der Waals surface area contributed by atoms with E-state index >= 15 is 0 Å². The Kier molecular flexibility index (Phi) is 5.94. The van der Waals surface area contributed by atoms with E-state index in [4.69, 9.17) is 4.74 Å². The summed E-state index contributed by atoms with van der Waals surface area (Å²) in [7, 11) is 1.31. The third kappa shape index (κ3) is 4.23. The van der Waals surface area contributed by atoms with Crippen molar-refractivity contribution in [2.45, 2.75) is 20.0 Å². The van der Waals surface area contributed by atoms with E-state index in [0.717, 1.165) is 6.08 Å². The second-order valence-corrected chi connectivity index (χ2v) is 4.96. The van der Waals surface area contributed by atoms with Crippen LogP contribution in [0.1, 0.15) is 19.4 Å². The van der Waals surface area contributed by atoms with Crippen LogP contribution in [-0.4, -0.2) is 29.9 Å². The van der Waals surface area contributed by atoms with E-state index in [1.165, 1.54) is 31.4 Å². The summed E-state index contributed by atoms with van der Waals surface area (Å²) in [6.07, 6.45) is 0.127. The van der Waals surface area contributed by atoms with Crippen LogP contribution >= 0.6 is 0 Å². The highest BCUT2D eigenvalue weighted by Gasteiger charge is 2.25. The maximum absolute atomic E-state index is 12.2. The molecule has 0 radical (unpaired) electrons. The molecule has 0 N–H and O–H groups in total. The highest BCUT2D eigenvalue weighted by atomic mass is 16.6. The Balaban J connectivity index is 3.25. The molecule has 0 aromatic heterocycles. The monoisotopic (exact) mass is 306 g/mol. The zero-order valence-corrected chi connectivity index (χ0v) is 12.4. The minimum atomic E-state index is -1.65. The highest BCUT2D eigenvalue weighted by Crippen LogP contribution is 2.18. The smallest absolute Gasteiger partial charge is 0.270 e. The number of rotatable bonds is 7. The van der Waals surface area contributed by atoms with Crippen LogP contribution in [-0.2, 0) is 14.3 Å². The molecule has 1 atom stereocenters. The Morgan fingerprint density at radius 3 is 2.41 bits per heavy atom. The summed E-state index contributed by atoms with van der Waals surface area (Å²) in [5.74, 6) is -2.62. The lowest BCUT2D eigenvalue weighted by molar-refractivity contribution is -0.384. The summed E-state index contributed by atoms with van der Waals surface area (Å²) in [4.78, 5) is 33.6. The second kappa shape index (κ2) is 7.46. The molecule has 0 fully saturated rings. The van der Waals surface area contributed by atoms with Crippen molar-refractivity contribution in [3.05, 3.63) is 45.5 Å². The van der Waals surface area contributed by atoms with Crippen molar-refractivity contribution in [1.82, 2.24) is 0 Å². The molecule has 0 aliphatic rings. The van der Waals surface area contributed by atoms with Gasteiger partial charge < -0.3 is 14.6 Å². The van der Waals surface area contributed by atoms with E-state index < -0.39 is 28.4 Å². The van der Waals surface area contributed by atoms with Crippen molar-refractivity contribution in [1.29, 1.82) is 0 Å². The second-order valence-electron chi connectivity index (χ2n) is 4.96. The molecular formula is C15H16NO6-. The molecule has 1 aromatic carbocycles. The molecule has 7 nitrogen and oxygen atoms in total. The summed E-state index contributed by atoms with van der Waals surface area (Å²) in [5, 5.41) is 21.9. The average molecular weight is 306 g/mol. The number of non-ortho nitro benzene ring substituents is 1. The third-order valence-electron chi connectivity index (χ3n) is 3.00. The number of Topliss-reactive ketones (excluding diaryl/α,β-unsaturated/α-hetero) is 1. The standard InChI is InChI=1S/C15H17NO6/c1-9(2)14(22-3)13(17)12(15(18)19)8-10-5-4-6-11(7-10)16(20)21/h4-9,14H,1-3H3,(H,18,19)/p-1. The predicted octanol–water partition coefficient (Wildman–Crippen LogP) is 0.968. The van der Waals surface area contributed by atoms with Crippen LogP contribution in [0.3, 0.4) is 0 Å². The molecule has 0 aliphatic heterocycles. The van der Waals surface area contributed by atoms with Gasteiger partial charge in [0.1, 0.15) is 6.10 Å². The van der Waals surface area contributed by atoms with E-state index in [1.54, 1.807) is 13.8 Å². The molecule has 1 aromatic rings. The fraction of sp³-hybridized carbons (Fsp3) is 0.333. The first kappa shape index (κ1) is 17.5. The molecule has 0 saturated heterocycles. The Morgan fingerprint density at radius 2 is 1.95 bits per heavy atom. The van der Waals surface area contributed by atoms with Crippen molar-refractivity contribution in [3.8, 4) is 0 Å². The number of ether oxygens (including phenoxy) is 1. The van der Waals surface area contributed by atoms with Crippen LogP contribution in [0.4, 0.5) is 5.69 Å². The number of methoxy groups -OCH3 is 1. The van der Waals surface area contributed by atoms with Gasteiger partial charge in [-0.05, 0) is 17.6 Å². The van der Waals surface area contributed by atoms with Crippen LogP contribution < -0.4 is 5.11 Å². The van der Waals surface area contributed by atoms with Crippen LogP contribution in [0.2, 0.25) is 0 Å². The molecule has 7 heteroatoms. The molecule has 0 saturated carbocycles. The quantitative estimate of drug-likeness (QED) is 0.244. The molecule has 0 heterocycles. The minimum Gasteiger partial charge on any atom is -0.545 e. The number of benzene rings is 1. The first-order chi connectivity index (χ1) is 10.3. The summed E-state index contributed by atoms with van der Waals surface area (Å²) in [6.45, 7) is 3.43. The lowest BCUT2D eigenvalue weighted by atomic mass is 9.96. The molecule has 118 valence electrons. The SMILES string of the molecule is COC(C(=O)C(=Cc1cccc([N+](=O)[O-])c1)C(=O)[O-])C(C)C. The van der Waals surface area contributed by atoms with Gasteiger partial charge in [0.2, 0.25) is 0 Å². The molecule has 0 bridgehead atoms. The summed E-state index contributed by atoms with van der Waals surface area (Å²) >= 11 is 0. The number of carbonyl (C=O) groups is 2. The van der Waals surface area contributed by atoms with Gasteiger partial charge in [0, 0.05) is 24.8 Å². The Hall–Kier alpha value is -2.54. The molecule has 22 heavy (non-hydrogen) atoms. The third-order valence-corrected chi connectivity index (χ3v) is 3.00. The van der Waals surface area contributed by atoms with Crippen LogP contribution in [0.15, 0.2) is 29.8 Å². The van der Waals surface area contributed by atoms with E-state index in [2.05, 4.69) is 0 Å². The summed E-state index contributed by atoms with van der Waals surface area (Å²) < 4.78 is 5.01. The maximum Gasteiger partial charge on any atom is 0.270 e. The van der Waals surface area contributed by atoms with Gasteiger partial charge in [-0.1, -0.05) is 26.0 Å². The number of hydrogen-bond donors (Lipinski definition) is 0. The lowest BCUT2D eigenvalue weighted by Gasteiger charge is -2.20. The number of carboxylic acid groups (broad SMARTS) is 1. The first-order valence-electron chi connectivity index (χ1n) is 6.52. The molecule has 0 spiro atoms. The van der Waals surface area contributed by atoms with Crippen LogP contribution in [0.25, 0.3) is 6.08 Å². The molecule has 0 aliphatic carbocycles. The number of nitro benzene ring substituents is 1. The predicted molar refractivity (Wildman–Crippen MR) is 76.7 cm³/mol. The van der Waals surface area contributed by atoms with Crippen LogP contribution in [0, 0.1) is 16.0 Å². The number of ketones is 1. The van der Waals surface area contributed by atoms with Crippen molar-refractivity contribution >= 4 is 23.5 Å². The number of nitrogens with zero attached hydrogens (tertiary/aromatic N) is 1. The fourth-order valence-corrected chi connectivity index (χ4v) is 1.96. The summed E-state index contributed by atoms with van der Waals surface area (Å²) in [6, 6.07) is 5.30. The lowest BCUT2D eigenvalue weighted by Crippen LogP contribution is -2.37. The number of nitro groups is 1. The number of carbonyl (C=O) groups excluding carboxylic acids is 2. The Morgan fingerprint density at radius 1 is 1.32 bits per heavy atom. The number of hydrogen-bond acceptors (Lipinski definition) is 6. The van der Waals surface area contributed by atoms with Crippen molar-refractivity contribution in [2.24, 2.45) is 5.92 Å². The Bertz CT molecular complexity index is 620.